The summed E-state index contributed by atoms with van der Waals surface area (Å²) >= 11 is 7.02. The van der Waals surface area contributed by atoms with Gasteiger partial charge >= 0.3 is 5.97 Å². The maximum Gasteiger partial charge on any atom is 0.341 e. The number of carbonyl (C=O) groups excluding carboxylic acids is 1. The lowest BCUT2D eigenvalue weighted by Crippen LogP contribution is -2.57. The van der Waals surface area contributed by atoms with Crippen molar-refractivity contribution in [3.63, 3.8) is 0 Å². The largest absolute Gasteiger partial charge is 0.504 e. The van der Waals surface area contributed by atoms with E-state index < -0.39 is 12.6 Å². The van der Waals surface area contributed by atoms with Crippen LogP contribution in [0.25, 0.3) is 17.4 Å². The van der Waals surface area contributed by atoms with Crippen molar-refractivity contribution >= 4 is 46.3 Å². The minimum Gasteiger partial charge on any atom is -0.504 e. The third kappa shape index (κ3) is 4.14. The van der Waals surface area contributed by atoms with Crippen LogP contribution in [0.4, 0.5) is 0 Å². The molecule has 4 aliphatic carbocycles. The van der Waals surface area contributed by atoms with Crippen LogP contribution in [0.5, 0.6) is 11.5 Å². The number of ether oxygens (including phenoxy) is 1. The second kappa shape index (κ2) is 8.71. The van der Waals surface area contributed by atoms with Crippen molar-refractivity contribution in [1.82, 2.24) is 4.90 Å². The number of hydrogen-bond acceptors (Lipinski definition) is 7. The van der Waals surface area contributed by atoms with Crippen LogP contribution in [0.1, 0.15) is 37.9 Å². The molecule has 7 rings (SSSR count). The summed E-state index contributed by atoms with van der Waals surface area (Å²) in [7, 11) is 0. The zero-order valence-electron chi connectivity index (χ0n) is 18.9. The molecule has 182 valence electrons. The Bertz CT molecular complexity index is 1220. The topological polar surface area (TPSA) is 100 Å². The number of thiocarbonyl (C=S) groups is 1. The maximum atomic E-state index is 13.4. The van der Waals surface area contributed by atoms with Gasteiger partial charge in [0, 0.05) is 17.7 Å². The summed E-state index contributed by atoms with van der Waals surface area (Å²) in [5, 5.41) is 18.8. The van der Waals surface area contributed by atoms with Gasteiger partial charge in [-0.1, -0.05) is 24.0 Å². The second-order valence-electron chi connectivity index (χ2n) is 10.0. The van der Waals surface area contributed by atoms with Gasteiger partial charge in [-0.15, -0.1) is 0 Å². The van der Waals surface area contributed by atoms with Crippen LogP contribution in [0.2, 0.25) is 0 Å². The van der Waals surface area contributed by atoms with E-state index in [0.29, 0.717) is 38.1 Å². The number of phenols is 1. The number of furan rings is 1. The molecule has 1 amide bonds. The maximum absolute atomic E-state index is 13.4. The van der Waals surface area contributed by atoms with Crippen LogP contribution in [0, 0.1) is 23.7 Å². The minimum atomic E-state index is -1.14. The van der Waals surface area contributed by atoms with Gasteiger partial charge in [0.15, 0.2) is 18.1 Å². The van der Waals surface area contributed by atoms with Gasteiger partial charge in [0.25, 0.3) is 5.91 Å². The summed E-state index contributed by atoms with van der Waals surface area (Å²) in [6, 6.07) is 8.36. The number of thioether (sulfide) groups is 1. The molecule has 9 heteroatoms. The highest BCUT2D eigenvalue weighted by Gasteiger charge is 2.53. The zero-order valence-corrected chi connectivity index (χ0v) is 20.5. The number of carbonyl (C=O) groups is 2. The first kappa shape index (κ1) is 22.7. The number of rotatable bonds is 6. The molecule has 1 aliphatic heterocycles. The number of carboxylic acids is 1. The van der Waals surface area contributed by atoms with Crippen molar-refractivity contribution in [3.05, 3.63) is 41.0 Å². The van der Waals surface area contributed by atoms with Crippen molar-refractivity contribution in [2.24, 2.45) is 23.7 Å². The molecule has 4 saturated carbocycles. The Morgan fingerprint density at radius 3 is 2.54 bits per heavy atom. The van der Waals surface area contributed by atoms with E-state index in [4.69, 9.17) is 26.5 Å². The number of aliphatic carboxylic acids is 1. The molecule has 1 aromatic heterocycles. The molecule has 7 nitrogen and oxygen atoms in total. The molecule has 0 unspecified atom stereocenters. The molecular formula is C26H25NO6S2. The number of carboxylic acid groups (broad SMARTS) is 1. The number of aromatic hydroxyl groups is 1. The molecular weight excluding hydrogens is 486 g/mol. The molecule has 5 fully saturated rings. The monoisotopic (exact) mass is 511 g/mol. The molecule has 0 radical (unpaired) electrons. The third-order valence-electron chi connectivity index (χ3n) is 7.79. The molecule has 2 heterocycles. The predicted octanol–water partition coefficient (Wildman–Crippen LogP) is 5.14. The van der Waals surface area contributed by atoms with Gasteiger partial charge in [-0.25, -0.2) is 4.79 Å². The summed E-state index contributed by atoms with van der Waals surface area (Å²) in [5.41, 5.74) is 0.615. The Kier molecular flexibility index (Phi) is 5.64. The van der Waals surface area contributed by atoms with Crippen LogP contribution >= 0.6 is 24.0 Å². The fraction of sp³-hybridized carbons (Fsp3) is 0.423. The van der Waals surface area contributed by atoms with E-state index in [1.807, 2.05) is 4.90 Å². The van der Waals surface area contributed by atoms with Gasteiger partial charge in [-0.05, 0) is 86.1 Å². The summed E-state index contributed by atoms with van der Waals surface area (Å²) in [4.78, 5) is 26.7. The normalized spacial score (nSPS) is 30.5. The Labute approximate surface area is 212 Å². The van der Waals surface area contributed by atoms with Crippen LogP contribution in [0.15, 0.2) is 39.7 Å². The van der Waals surface area contributed by atoms with Crippen molar-refractivity contribution in [2.45, 2.75) is 38.1 Å². The Hall–Kier alpha value is -2.78. The summed E-state index contributed by atoms with van der Waals surface area (Å²) in [5.74, 6) is 2.56. The highest BCUT2D eigenvalue weighted by Crippen LogP contribution is 2.56. The van der Waals surface area contributed by atoms with Crippen molar-refractivity contribution < 1.29 is 29.0 Å². The second-order valence-corrected chi connectivity index (χ2v) is 11.7. The molecule has 5 aliphatic rings. The lowest BCUT2D eigenvalue weighted by atomic mass is 9.54. The van der Waals surface area contributed by atoms with Gasteiger partial charge in [-0.3, -0.25) is 9.69 Å². The van der Waals surface area contributed by atoms with Crippen LogP contribution < -0.4 is 4.74 Å². The van der Waals surface area contributed by atoms with Crippen LogP contribution in [-0.2, 0) is 9.59 Å². The molecule has 2 aromatic rings. The van der Waals surface area contributed by atoms with Gasteiger partial charge in [0.05, 0.1) is 4.91 Å². The van der Waals surface area contributed by atoms with E-state index in [0.717, 1.165) is 11.8 Å². The Morgan fingerprint density at radius 2 is 1.86 bits per heavy atom. The van der Waals surface area contributed by atoms with E-state index in [-0.39, 0.29) is 23.4 Å². The van der Waals surface area contributed by atoms with Gasteiger partial charge in [0.2, 0.25) is 0 Å². The van der Waals surface area contributed by atoms with Crippen molar-refractivity contribution in [2.75, 3.05) is 6.61 Å². The highest BCUT2D eigenvalue weighted by atomic mass is 32.2. The van der Waals surface area contributed by atoms with Crippen LogP contribution in [-0.4, -0.2) is 44.0 Å². The SMILES string of the molecule is O=C(O)COc1cc(-c2ccc(C=C3SC(=S)N(C4C5CC6CC(C5)CC4C6)C3=O)o2)ccc1O. The summed E-state index contributed by atoms with van der Waals surface area (Å²) < 4.78 is 11.7. The quantitative estimate of drug-likeness (QED) is 0.406. The van der Waals surface area contributed by atoms with Crippen LogP contribution in [0.3, 0.4) is 0 Å². The Morgan fingerprint density at radius 1 is 1.14 bits per heavy atom. The molecule has 2 N–H and O–H groups in total. The minimum absolute atomic E-state index is 0.0237. The number of benzene rings is 1. The number of phenolic OH excluding ortho intramolecular Hbond substituents is 1. The smallest absolute Gasteiger partial charge is 0.341 e. The van der Waals surface area contributed by atoms with Gasteiger partial charge in [0.1, 0.15) is 15.8 Å². The molecule has 1 aromatic carbocycles. The van der Waals surface area contributed by atoms with Crippen molar-refractivity contribution in [1.29, 1.82) is 0 Å². The van der Waals surface area contributed by atoms with E-state index in [1.54, 1.807) is 24.3 Å². The summed E-state index contributed by atoms with van der Waals surface area (Å²) in [6.45, 7) is -0.563. The lowest BCUT2D eigenvalue weighted by molar-refractivity contribution is -0.139. The standard InChI is InChI=1S/C26H25NO6S2/c28-19-3-1-15(10-21(19)32-12-23(29)30)20-4-2-18(33-20)11-22-25(31)27(26(34)35-22)24-16-6-13-5-14(8-16)9-17(24)7-13/h1-4,10-11,13-14,16-17,24,28H,5-9,12H2,(H,29,30). The first-order valence-corrected chi connectivity index (χ1v) is 13.1. The van der Waals surface area contributed by atoms with E-state index in [1.165, 1.54) is 56.0 Å². The summed E-state index contributed by atoms with van der Waals surface area (Å²) in [6.07, 6.45) is 7.99. The number of hydrogen-bond donors (Lipinski definition) is 2. The van der Waals surface area contributed by atoms with Gasteiger partial charge < -0.3 is 19.4 Å². The average Bonchev–Trinajstić information content (AvgIpc) is 3.38. The van der Waals surface area contributed by atoms with Crippen molar-refractivity contribution in [3.8, 4) is 22.8 Å². The number of nitrogens with zero attached hydrogens (tertiary/aromatic N) is 1. The fourth-order valence-electron chi connectivity index (χ4n) is 6.69. The zero-order chi connectivity index (χ0) is 24.3. The van der Waals surface area contributed by atoms with E-state index >= 15 is 0 Å². The molecule has 0 spiro atoms. The molecule has 0 atom stereocenters. The van der Waals surface area contributed by atoms with E-state index in [9.17, 15) is 14.7 Å². The molecule has 4 bridgehead atoms. The Balaban J connectivity index is 1.21. The predicted molar refractivity (Wildman–Crippen MR) is 135 cm³/mol. The lowest BCUT2D eigenvalue weighted by Gasteiger charge is -2.56. The molecule has 35 heavy (non-hydrogen) atoms. The first-order chi connectivity index (χ1) is 16.9. The van der Waals surface area contributed by atoms with Gasteiger partial charge in [-0.2, -0.15) is 0 Å². The number of amides is 1. The highest BCUT2D eigenvalue weighted by molar-refractivity contribution is 8.26. The molecule has 1 saturated heterocycles. The van der Waals surface area contributed by atoms with E-state index in [2.05, 4.69) is 0 Å². The fourth-order valence-corrected chi connectivity index (χ4v) is 8.02. The third-order valence-corrected chi connectivity index (χ3v) is 9.12. The average molecular weight is 512 g/mol. The first-order valence-electron chi connectivity index (χ1n) is 11.9.